The van der Waals surface area contributed by atoms with Gasteiger partial charge in [0, 0.05) is 51.4 Å². The molecule has 166 valence electrons. The Hall–Kier alpha value is -2.61. The molecule has 8 heteroatoms. The summed E-state index contributed by atoms with van der Waals surface area (Å²) in [5.74, 6) is 0.662. The fraction of sp³-hybridized carbons (Fsp3) is 0.545. The van der Waals surface area contributed by atoms with E-state index in [1.54, 1.807) is 30.7 Å². The maximum Gasteiger partial charge on any atom is 0.218 e. The fourth-order valence-electron chi connectivity index (χ4n) is 3.96. The van der Waals surface area contributed by atoms with E-state index in [9.17, 15) is 14.6 Å². The smallest absolute Gasteiger partial charge is 0.218 e. The van der Waals surface area contributed by atoms with Crippen molar-refractivity contribution >= 4 is 11.4 Å². The fourth-order valence-corrected chi connectivity index (χ4v) is 3.96. The number of aromatic nitrogens is 1. The number of benzene rings is 1. The van der Waals surface area contributed by atoms with Crippen LogP contribution >= 0.6 is 0 Å². The van der Waals surface area contributed by atoms with Gasteiger partial charge in [-0.2, -0.15) is 0 Å². The van der Waals surface area contributed by atoms with Gasteiger partial charge in [-0.3, -0.25) is 9.47 Å². The number of ether oxygens (including phenoxy) is 1. The molecule has 2 aromatic rings. The molecule has 0 aliphatic carbocycles. The van der Waals surface area contributed by atoms with Crippen molar-refractivity contribution in [1.82, 2.24) is 9.47 Å². The third kappa shape index (κ3) is 4.75. The number of halogens is 1. The molecular weight excluding hydrogens is 387 g/mol. The van der Waals surface area contributed by atoms with Gasteiger partial charge in [0.05, 0.1) is 12.3 Å². The summed E-state index contributed by atoms with van der Waals surface area (Å²) >= 11 is 0. The minimum atomic E-state index is -0.251. The molecule has 0 saturated carbocycles. The van der Waals surface area contributed by atoms with Crippen LogP contribution in [0.4, 0.5) is 15.8 Å². The predicted octanol–water partition coefficient (Wildman–Crippen LogP) is 3.39. The lowest BCUT2D eigenvalue weighted by atomic mass is 10.2. The summed E-state index contributed by atoms with van der Waals surface area (Å²) in [6.07, 6.45) is 1.72. The topological polar surface area (TPSA) is 73.1 Å². The number of rotatable bonds is 9. The Bertz CT molecular complexity index is 847. The molecule has 0 amide bonds. The SMILES string of the molecule is CCCOc1ccc(F)cc1N1CCN(CCCn2c(O)c(C)c(NC)c2O)CC1. The van der Waals surface area contributed by atoms with Crippen molar-refractivity contribution < 1.29 is 19.3 Å². The van der Waals surface area contributed by atoms with E-state index < -0.39 is 0 Å². The first-order chi connectivity index (χ1) is 14.5. The lowest BCUT2D eigenvalue weighted by Gasteiger charge is -2.36. The number of nitrogens with one attached hydrogen (secondary N) is 1. The van der Waals surface area contributed by atoms with Crippen LogP contribution in [-0.2, 0) is 6.54 Å². The van der Waals surface area contributed by atoms with E-state index in [0.717, 1.165) is 57.0 Å². The molecule has 1 aromatic heterocycles. The Morgan fingerprint density at radius 1 is 1.10 bits per heavy atom. The van der Waals surface area contributed by atoms with Gasteiger partial charge in [-0.15, -0.1) is 0 Å². The minimum Gasteiger partial charge on any atom is -0.494 e. The van der Waals surface area contributed by atoms with E-state index in [4.69, 9.17) is 4.74 Å². The van der Waals surface area contributed by atoms with Gasteiger partial charge in [0.15, 0.2) is 5.88 Å². The maximum absolute atomic E-state index is 13.8. The third-order valence-corrected chi connectivity index (χ3v) is 5.65. The van der Waals surface area contributed by atoms with Crippen molar-refractivity contribution in [2.24, 2.45) is 0 Å². The van der Waals surface area contributed by atoms with Crippen LogP contribution in [0.2, 0.25) is 0 Å². The second-order valence-corrected chi connectivity index (χ2v) is 7.69. The third-order valence-electron chi connectivity index (χ3n) is 5.65. The Morgan fingerprint density at radius 3 is 2.47 bits per heavy atom. The van der Waals surface area contributed by atoms with E-state index in [0.29, 0.717) is 24.4 Å². The van der Waals surface area contributed by atoms with Crippen molar-refractivity contribution in [1.29, 1.82) is 0 Å². The van der Waals surface area contributed by atoms with Gasteiger partial charge in [-0.05, 0) is 38.4 Å². The van der Waals surface area contributed by atoms with Gasteiger partial charge in [-0.1, -0.05) is 6.92 Å². The normalized spacial score (nSPS) is 14.9. The van der Waals surface area contributed by atoms with Crippen LogP contribution in [0.3, 0.4) is 0 Å². The van der Waals surface area contributed by atoms with E-state index in [1.807, 2.05) is 0 Å². The Labute approximate surface area is 177 Å². The lowest BCUT2D eigenvalue weighted by Crippen LogP contribution is -2.46. The predicted molar refractivity (Wildman–Crippen MR) is 118 cm³/mol. The number of aromatic hydroxyl groups is 2. The summed E-state index contributed by atoms with van der Waals surface area (Å²) in [7, 11) is 1.72. The van der Waals surface area contributed by atoms with Crippen LogP contribution in [0.5, 0.6) is 17.5 Å². The molecule has 3 rings (SSSR count). The van der Waals surface area contributed by atoms with E-state index in [1.165, 1.54) is 6.07 Å². The van der Waals surface area contributed by atoms with Crippen LogP contribution in [0.25, 0.3) is 0 Å². The number of nitrogens with zero attached hydrogens (tertiary/aromatic N) is 3. The second kappa shape index (κ2) is 9.93. The van der Waals surface area contributed by atoms with Crippen molar-refractivity contribution in [3.05, 3.63) is 29.6 Å². The van der Waals surface area contributed by atoms with Gasteiger partial charge in [0.2, 0.25) is 5.88 Å². The number of hydrogen-bond acceptors (Lipinski definition) is 6. The van der Waals surface area contributed by atoms with Crippen LogP contribution in [0.15, 0.2) is 18.2 Å². The van der Waals surface area contributed by atoms with Crippen LogP contribution in [0, 0.1) is 12.7 Å². The average molecular weight is 421 g/mol. The van der Waals surface area contributed by atoms with Crippen molar-refractivity contribution in [2.75, 3.05) is 56.6 Å². The Morgan fingerprint density at radius 2 is 1.83 bits per heavy atom. The first kappa shape index (κ1) is 22.1. The monoisotopic (exact) mass is 420 g/mol. The average Bonchev–Trinajstić information content (AvgIpc) is 2.96. The van der Waals surface area contributed by atoms with E-state index >= 15 is 0 Å². The van der Waals surface area contributed by atoms with Gasteiger partial charge in [0.1, 0.15) is 17.3 Å². The molecule has 7 nitrogen and oxygen atoms in total. The van der Waals surface area contributed by atoms with Crippen molar-refractivity contribution in [3.63, 3.8) is 0 Å². The molecule has 1 saturated heterocycles. The molecule has 2 heterocycles. The molecule has 1 aliphatic heterocycles. The largest absolute Gasteiger partial charge is 0.494 e. The molecular formula is C22H33FN4O3. The van der Waals surface area contributed by atoms with Crippen LogP contribution in [-0.4, -0.2) is 66.1 Å². The summed E-state index contributed by atoms with van der Waals surface area (Å²) in [6.45, 7) is 9.19. The zero-order valence-electron chi connectivity index (χ0n) is 18.1. The van der Waals surface area contributed by atoms with Gasteiger partial charge in [-0.25, -0.2) is 4.39 Å². The zero-order valence-corrected chi connectivity index (χ0v) is 18.1. The van der Waals surface area contributed by atoms with Gasteiger partial charge < -0.3 is 25.2 Å². The molecule has 1 aromatic carbocycles. The molecule has 1 fully saturated rings. The van der Waals surface area contributed by atoms with Crippen molar-refractivity contribution in [3.8, 4) is 17.5 Å². The van der Waals surface area contributed by atoms with E-state index in [2.05, 4.69) is 22.0 Å². The molecule has 30 heavy (non-hydrogen) atoms. The highest BCUT2D eigenvalue weighted by atomic mass is 19.1. The quantitative estimate of drug-likeness (QED) is 0.578. The summed E-state index contributed by atoms with van der Waals surface area (Å²) in [5, 5.41) is 23.4. The highest BCUT2D eigenvalue weighted by molar-refractivity contribution is 5.64. The van der Waals surface area contributed by atoms with Crippen molar-refractivity contribution in [2.45, 2.75) is 33.2 Å². The molecule has 0 atom stereocenters. The van der Waals surface area contributed by atoms with Gasteiger partial charge in [0.25, 0.3) is 0 Å². The van der Waals surface area contributed by atoms with Gasteiger partial charge >= 0.3 is 0 Å². The van der Waals surface area contributed by atoms with Crippen LogP contribution < -0.4 is 15.0 Å². The number of hydrogen-bond donors (Lipinski definition) is 3. The Balaban J connectivity index is 1.53. The standard InChI is InChI=1S/C22H33FN4O3/c1-4-14-30-19-7-6-17(23)15-18(19)26-12-10-25(11-13-26)8-5-9-27-21(28)16(2)20(24-3)22(27)29/h6-7,15,24,28-29H,4-5,8-14H2,1-3H3. The molecule has 3 N–H and O–H groups in total. The van der Waals surface area contributed by atoms with E-state index in [-0.39, 0.29) is 17.6 Å². The number of anilines is 2. The highest BCUT2D eigenvalue weighted by Crippen LogP contribution is 2.37. The summed E-state index contributed by atoms with van der Waals surface area (Å²) < 4.78 is 21.2. The highest BCUT2D eigenvalue weighted by Gasteiger charge is 2.21. The first-order valence-electron chi connectivity index (χ1n) is 10.6. The lowest BCUT2D eigenvalue weighted by molar-refractivity contribution is 0.245. The molecule has 0 radical (unpaired) electrons. The van der Waals surface area contributed by atoms with Crippen LogP contribution in [0.1, 0.15) is 25.3 Å². The first-order valence-corrected chi connectivity index (χ1v) is 10.6. The molecule has 1 aliphatic rings. The number of piperazine rings is 1. The maximum atomic E-state index is 13.8. The Kier molecular flexibility index (Phi) is 7.31. The summed E-state index contributed by atoms with van der Waals surface area (Å²) in [5.41, 5.74) is 2.04. The summed E-state index contributed by atoms with van der Waals surface area (Å²) in [6, 6.07) is 4.71. The summed E-state index contributed by atoms with van der Waals surface area (Å²) in [4.78, 5) is 4.53. The molecule has 0 bridgehead atoms. The zero-order chi connectivity index (χ0) is 21.7. The second-order valence-electron chi connectivity index (χ2n) is 7.69. The molecule has 0 unspecified atom stereocenters. The minimum absolute atomic E-state index is 0.0723. The molecule has 0 spiro atoms.